The number of nitriles is 1. The maximum Gasteiger partial charge on any atom is 0.134 e. The van der Waals surface area contributed by atoms with Crippen LogP contribution in [0, 0.1) is 11.3 Å². The van der Waals surface area contributed by atoms with Gasteiger partial charge in [-0.15, -0.1) is 11.3 Å². The van der Waals surface area contributed by atoms with Gasteiger partial charge in [-0.2, -0.15) is 5.26 Å². The van der Waals surface area contributed by atoms with Crippen LogP contribution in [0.3, 0.4) is 0 Å². The van der Waals surface area contributed by atoms with E-state index in [9.17, 15) is 5.26 Å². The Morgan fingerprint density at radius 1 is 1.04 bits per heavy atom. The van der Waals surface area contributed by atoms with Crippen LogP contribution in [0.1, 0.15) is 10.6 Å². The van der Waals surface area contributed by atoms with Crippen LogP contribution in [-0.2, 0) is 0 Å². The molecule has 0 unspecified atom stereocenters. The molecule has 0 aliphatic heterocycles. The van der Waals surface area contributed by atoms with Crippen LogP contribution in [-0.4, -0.2) is 4.98 Å². The molecule has 0 radical (unpaired) electrons. The quantitative estimate of drug-likeness (QED) is 0.458. The highest BCUT2D eigenvalue weighted by molar-refractivity contribution is 7.11. The molecule has 0 amide bonds. The van der Waals surface area contributed by atoms with Crippen molar-refractivity contribution < 1.29 is 0 Å². The monoisotopic (exact) mass is 390 g/mol. The molecule has 0 fully saturated rings. The lowest BCUT2D eigenvalue weighted by atomic mass is 10.1. The molecule has 118 valence electrons. The number of nitrogens with zero attached hydrogens (tertiary/aromatic N) is 2. The Bertz CT molecular complexity index is 953. The van der Waals surface area contributed by atoms with Gasteiger partial charge in [-0.25, -0.2) is 4.98 Å². The number of thiazole rings is 1. The average molecular weight is 392 g/mol. The first-order valence-electron chi connectivity index (χ1n) is 6.85. The summed E-state index contributed by atoms with van der Waals surface area (Å²) in [6.07, 6.45) is 1.78. The SMILES string of the molecule is N#CC(=Cc1ccc(Cl)cc1)c1nc(-c2ccc(Cl)cc2Cl)cs1. The Labute approximate surface area is 158 Å². The van der Waals surface area contributed by atoms with Gasteiger partial charge in [0.2, 0.25) is 0 Å². The summed E-state index contributed by atoms with van der Waals surface area (Å²) in [6, 6.07) is 14.7. The lowest BCUT2D eigenvalue weighted by Crippen LogP contribution is -1.84. The van der Waals surface area contributed by atoms with Crippen molar-refractivity contribution in [2.75, 3.05) is 0 Å². The summed E-state index contributed by atoms with van der Waals surface area (Å²) in [5, 5.41) is 13.7. The molecule has 0 spiro atoms. The van der Waals surface area contributed by atoms with Gasteiger partial charge < -0.3 is 0 Å². The van der Waals surface area contributed by atoms with E-state index in [1.54, 1.807) is 30.3 Å². The zero-order valence-corrected chi connectivity index (χ0v) is 15.2. The van der Waals surface area contributed by atoms with Crippen LogP contribution in [0.5, 0.6) is 0 Å². The maximum absolute atomic E-state index is 9.44. The summed E-state index contributed by atoms with van der Waals surface area (Å²) in [5.41, 5.74) is 2.87. The highest BCUT2D eigenvalue weighted by Gasteiger charge is 2.11. The van der Waals surface area contributed by atoms with Crippen LogP contribution < -0.4 is 0 Å². The number of benzene rings is 2. The van der Waals surface area contributed by atoms with Crippen molar-refractivity contribution >= 4 is 57.8 Å². The molecule has 0 saturated heterocycles. The molecule has 2 nitrogen and oxygen atoms in total. The Kier molecular flexibility index (Phi) is 5.23. The molecule has 6 heteroatoms. The summed E-state index contributed by atoms with van der Waals surface area (Å²) in [7, 11) is 0. The number of rotatable bonds is 3. The van der Waals surface area contributed by atoms with E-state index in [-0.39, 0.29) is 0 Å². The van der Waals surface area contributed by atoms with Crippen LogP contribution in [0.15, 0.2) is 47.8 Å². The lowest BCUT2D eigenvalue weighted by Gasteiger charge is -2.01. The van der Waals surface area contributed by atoms with Crippen molar-refractivity contribution in [1.29, 1.82) is 5.26 Å². The van der Waals surface area contributed by atoms with E-state index in [2.05, 4.69) is 11.1 Å². The highest BCUT2D eigenvalue weighted by atomic mass is 35.5. The fraction of sp³-hybridized carbons (Fsp3) is 0. The van der Waals surface area contributed by atoms with Crippen LogP contribution >= 0.6 is 46.1 Å². The third-order valence-corrected chi connectivity index (χ3v) is 4.92. The van der Waals surface area contributed by atoms with Gasteiger partial charge in [0.25, 0.3) is 0 Å². The van der Waals surface area contributed by atoms with E-state index >= 15 is 0 Å². The minimum atomic E-state index is 0.485. The average Bonchev–Trinajstić information content (AvgIpc) is 3.04. The summed E-state index contributed by atoms with van der Waals surface area (Å²) in [5.74, 6) is 0. The second-order valence-corrected chi connectivity index (χ2v) is 7.02. The molecular weight excluding hydrogens is 383 g/mol. The van der Waals surface area contributed by atoms with Gasteiger partial charge in [0.1, 0.15) is 11.1 Å². The van der Waals surface area contributed by atoms with Crippen molar-refractivity contribution in [2.24, 2.45) is 0 Å². The minimum absolute atomic E-state index is 0.485. The van der Waals surface area contributed by atoms with Gasteiger partial charge in [-0.1, -0.05) is 46.9 Å². The zero-order chi connectivity index (χ0) is 17.1. The van der Waals surface area contributed by atoms with Crippen LogP contribution in [0.4, 0.5) is 0 Å². The normalized spacial score (nSPS) is 11.3. The van der Waals surface area contributed by atoms with E-state index in [0.29, 0.717) is 31.3 Å². The summed E-state index contributed by atoms with van der Waals surface area (Å²) in [4.78, 5) is 4.53. The van der Waals surface area contributed by atoms with Crippen molar-refractivity contribution in [1.82, 2.24) is 4.98 Å². The third kappa shape index (κ3) is 3.80. The molecule has 0 aliphatic carbocycles. The standard InChI is InChI=1S/C18H9Cl3N2S/c19-13-3-1-11(2-4-13)7-12(9-22)18-23-17(10-24-18)15-6-5-14(20)8-16(15)21/h1-8,10H. The van der Waals surface area contributed by atoms with E-state index in [0.717, 1.165) is 11.1 Å². The largest absolute Gasteiger partial charge is 0.235 e. The number of hydrogen-bond donors (Lipinski definition) is 0. The summed E-state index contributed by atoms with van der Waals surface area (Å²) in [6.45, 7) is 0. The lowest BCUT2D eigenvalue weighted by molar-refractivity contribution is 1.37. The first-order chi connectivity index (χ1) is 11.6. The van der Waals surface area contributed by atoms with Gasteiger partial charge in [0, 0.05) is 21.0 Å². The molecule has 0 saturated carbocycles. The first kappa shape index (κ1) is 17.0. The predicted octanol–water partition coefficient (Wildman–Crippen LogP) is 6.83. The van der Waals surface area contributed by atoms with E-state index in [1.165, 1.54) is 11.3 Å². The molecule has 2 aromatic carbocycles. The van der Waals surface area contributed by atoms with E-state index < -0.39 is 0 Å². The molecule has 1 heterocycles. The van der Waals surface area contributed by atoms with Gasteiger partial charge in [-0.05, 0) is 42.0 Å². The third-order valence-electron chi connectivity index (χ3n) is 3.24. The molecule has 24 heavy (non-hydrogen) atoms. The van der Waals surface area contributed by atoms with E-state index in [4.69, 9.17) is 34.8 Å². The van der Waals surface area contributed by atoms with Crippen LogP contribution in [0.2, 0.25) is 15.1 Å². The molecule has 1 aromatic heterocycles. The highest BCUT2D eigenvalue weighted by Crippen LogP contribution is 2.33. The van der Waals surface area contributed by atoms with Crippen molar-refractivity contribution in [2.45, 2.75) is 0 Å². The van der Waals surface area contributed by atoms with E-state index in [1.807, 2.05) is 23.6 Å². The van der Waals surface area contributed by atoms with Gasteiger partial charge in [0.05, 0.1) is 16.3 Å². The Morgan fingerprint density at radius 2 is 1.75 bits per heavy atom. The molecule has 0 N–H and O–H groups in total. The summed E-state index contributed by atoms with van der Waals surface area (Å²) >= 11 is 19.4. The molecule has 0 aliphatic rings. The predicted molar refractivity (Wildman–Crippen MR) is 103 cm³/mol. The molecule has 3 aromatic rings. The van der Waals surface area contributed by atoms with Gasteiger partial charge in [0.15, 0.2) is 0 Å². The molecule has 0 bridgehead atoms. The Hall–Kier alpha value is -1.83. The smallest absolute Gasteiger partial charge is 0.134 e. The topological polar surface area (TPSA) is 36.7 Å². The van der Waals surface area contributed by atoms with Crippen LogP contribution in [0.25, 0.3) is 22.9 Å². The molecular formula is C18H9Cl3N2S. The van der Waals surface area contributed by atoms with Crippen molar-refractivity contribution in [3.63, 3.8) is 0 Å². The number of allylic oxidation sites excluding steroid dienone is 1. The summed E-state index contributed by atoms with van der Waals surface area (Å²) < 4.78 is 0. The van der Waals surface area contributed by atoms with Gasteiger partial charge >= 0.3 is 0 Å². The second kappa shape index (κ2) is 7.38. The second-order valence-electron chi connectivity index (χ2n) is 4.88. The van der Waals surface area contributed by atoms with Crippen molar-refractivity contribution in [3.8, 4) is 17.3 Å². The van der Waals surface area contributed by atoms with Gasteiger partial charge in [-0.3, -0.25) is 0 Å². The Balaban J connectivity index is 1.96. The zero-order valence-electron chi connectivity index (χ0n) is 12.1. The van der Waals surface area contributed by atoms with Crippen molar-refractivity contribution in [3.05, 3.63) is 73.5 Å². The number of halogens is 3. The maximum atomic E-state index is 9.44. The molecule has 0 atom stereocenters. The minimum Gasteiger partial charge on any atom is -0.235 e. The molecule has 3 rings (SSSR count). The number of aromatic nitrogens is 1. The Morgan fingerprint density at radius 3 is 2.42 bits per heavy atom. The fourth-order valence-electron chi connectivity index (χ4n) is 2.09. The first-order valence-corrected chi connectivity index (χ1v) is 8.87. The fourth-order valence-corrected chi connectivity index (χ4v) is 3.50. The number of hydrogen-bond acceptors (Lipinski definition) is 3.